The summed E-state index contributed by atoms with van der Waals surface area (Å²) in [5.41, 5.74) is 0. The zero-order valence-corrected chi connectivity index (χ0v) is 18.2. The van der Waals surface area contributed by atoms with Crippen molar-refractivity contribution in [1.29, 1.82) is 0 Å². The molecule has 0 saturated carbocycles. The number of aromatic nitrogens is 8. The Bertz CT molecular complexity index is 998. The van der Waals surface area contributed by atoms with Gasteiger partial charge >= 0.3 is 12.8 Å². The van der Waals surface area contributed by atoms with E-state index in [4.69, 9.17) is 0 Å². The van der Waals surface area contributed by atoms with Gasteiger partial charge in [-0.15, -0.1) is 27.3 Å². The monoisotopic (exact) mass is 402 g/mol. The second-order valence-corrected chi connectivity index (χ2v) is 9.45. The highest BCUT2D eigenvalue weighted by molar-refractivity contribution is 6.60. The maximum absolute atomic E-state index is 3.49. The van der Waals surface area contributed by atoms with E-state index in [0.717, 1.165) is 26.2 Å². The molecule has 0 spiro atoms. The minimum Gasteiger partial charge on any atom is -0.515 e. The summed E-state index contributed by atoms with van der Waals surface area (Å²) in [6, 6.07) is 0. The second kappa shape index (κ2) is 6.75. The fourth-order valence-electron chi connectivity index (χ4n) is 4.07. The van der Waals surface area contributed by atoms with Crippen LogP contribution in [0.3, 0.4) is 0 Å². The Morgan fingerprint density at radius 1 is 0.500 bits per heavy atom. The van der Waals surface area contributed by atoms with E-state index in [1.54, 1.807) is 0 Å². The normalized spacial score (nSPS) is 18.0. The number of nitrogens with zero attached hydrogens (tertiary/aromatic N) is 8. The molecule has 0 unspecified atom stereocenters. The zero-order chi connectivity index (χ0) is 20.9. The Morgan fingerprint density at radius 3 is 0.967 bits per heavy atom. The van der Waals surface area contributed by atoms with E-state index >= 15 is 0 Å². The lowest BCUT2D eigenvalue weighted by atomic mass is 9.51. The highest BCUT2D eigenvalue weighted by Gasteiger charge is 2.25. The molecule has 8 nitrogen and oxygen atoms in total. The van der Waals surface area contributed by atoms with Crippen LogP contribution < -0.4 is 17.9 Å². The number of fused-ring (bicyclic) bond motifs is 8. The molecule has 8 bridgehead atoms. The molecule has 5 rings (SSSR count). The van der Waals surface area contributed by atoms with E-state index in [-0.39, 0.29) is 0 Å². The van der Waals surface area contributed by atoms with E-state index in [2.05, 4.69) is 138 Å². The van der Waals surface area contributed by atoms with Crippen LogP contribution in [0.2, 0.25) is 27.3 Å². The van der Waals surface area contributed by atoms with Crippen molar-refractivity contribution in [3.05, 3.63) is 74.9 Å². The average Bonchev–Trinajstić information content (AvgIpc) is 3.51. The lowest BCUT2D eigenvalue weighted by Crippen LogP contribution is -2.78. The molecule has 156 valence electrons. The minimum absolute atomic E-state index is 0.836. The fraction of sp³-hybridized carbons (Fsp3) is 0.400. The van der Waals surface area contributed by atoms with Crippen LogP contribution in [0, 0.1) is 25.3 Å². The molecular weight excluding hydrogens is 374 g/mol. The highest BCUT2D eigenvalue weighted by atomic mass is 15.2. The van der Waals surface area contributed by atoms with Crippen LogP contribution in [-0.2, 0) is 26.2 Å². The number of hydrogen-bond donors (Lipinski definition) is 0. The maximum Gasteiger partial charge on any atom is 0.330 e. The van der Waals surface area contributed by atoms with Crippen LogP contribution >= 0.6 is 0 Å². The van der Waals surface area contributed by atoms with Gasteiger partial charge in [-0.25, -0.2) is 0 Å². The van der Waals surface area contributed by atoms with Gasteiger partial charge in [-0.1, -0.05) is 24.8 Å². The maximum atomic E-state index is 3.49. The van der Waals surface area contributed by atoms with Crippen LogP contribution in [0.4, 0.5) is 0 Å². The van der Waals surface area contributed by atoms with Crippen molar-refractivity contribution < 1.29 is 17.9 Å². The molecule has 10 heteroatoms. The van der Waals surface area contributed by atoms with Crippen molar-refractivity contribution in [2.75, 3.05) is 0 Å². The third-order valence-corrected chi connectivity index (χ3v) is 6.49. The van der Waals surface area contributed by atoms with Gasteiger partial charge in [0.25, 0.3) is 0 Å². The van der Waals surface area contributed by atoms with Crippen LogP contribution in [0.1, 0.15) is 0 Å². The third kappa shape index (κ3) is 3.20. The molecule has 1 aliphatic rings. The Morgan fingerprint density at radius 2 is 0.733 bits per heavy atom. The number of rotatable bonds is 0. The highest BCUT2D eigenvalue weighted by Crippen LogP contribution is 2.00. The predicted octanol–water partition coefficient (Wildman–Crippen LogP) is -0.846. The van der Waals surface area contributed by atoms with Crippen molar-refractivity contribution in [2.24, 2.45) is 0 Å². The SMILES string of the molecule is C[B-]1(C)[n+]2[c-]n(cc2)CCn2[c-][n+](cc2)[B-](C)(C)[n+]2[c-]n(cc2)CCn2[c-][n+]1cc2. The quantitative estimate of drug-likeness (QED) is 0.272. The van der Waals surface area contributed by atoms with Gasteiger partial charge in [-0.05, 0) is 24.8 Å². The van der Waals surface area contributed by atoms with Gasteiger partial charge in [0.2, 0.25) is 0 Å². The van der Waals surface area contributed by atoms with E-state index in [1.807, 2.05) is 0 Å². The van der Waals surface area contributed by atoms with Gasteiger partial charge in [-0.3, -0.25) is 0 Å². The molecule has 0 N–H and O–H groups in total. The Kier molecular flexibility index (Phi) is 4.27. The van der Waals surface area contributed by atoms with Crippen molar-refractivity contribution in [3.63, 3.8) is 0 Å². The van der Waals surface area contributed by atoms with Crippen molar-refractivity contribution in [2.45, 2.75) is 53.5 Å². The van der Waals surface area contributed by atoms with Gasteiger partial charge in [0, 0.05) is 0 Å². The van der Waals surface area contributed by atoms with Gasteiger partial charge in [0.05, 0.1) is 0 Å². The third-order valence-electron chi connectivity index (χ3n) is 6.49. The molecule has 4 aromatic rings. The van der Waals surface area contributed by atoms with E-state index < -0.39 is 12.8 Å². The molecule has 30 heavy (non-hydrogen) atoms. The number of aryl methyl sites for hydroxylation is 4. The second-order valence-electron chi connectivity index (χ2n) is 9.45. The molecular formula is C20H28B2N8-2. The van der Waals surface area contributed by atoms with Crippen LogP contribution in [0.15, 0.2) is 49.6 Å². The summed E-state index contributed by atoms with van der Waals surface area (Å²) in [5, 5.41) is 0. The van der Waals surface area contributed by atoms with Crippen LogP contribution in [0.25, 0.3) is 0 Å². The van der Waals surface area contributed by atoms with Crippen molar-refractivity contribution in [1.82, 2.24) is 18.3 Å². The smallest absolute Gasteiger partial charge is 0.330 e. The lowest BCUT2D eigenvalue weighted by Gasteiger charge is -2.31. The first-order chi connectivity index (χ1) is 14.3. The minimum atomic E-state index is -1.06. The average molecular weight is 402 g/mol. The summed E-state index contributed by atoms with van der Waals surface area (Å²) in [7, 11) is 0. The Hall–Kier alpha value is -3.03. The lowest BCUT2D eigenvalue weighted by molar-refractivity contribution is -0.691. The summed E-state index contributed by atoms with van der Waals surface area (Å²) in [6.45, 7) is 12.3. The molecule has 0 aromatic carbocycles. The van der Waals surface area contributed by atoms with Gasteiger partial charge in [0.15, 0.2) is 25.3 Å². The van der Waals surface area contributed by atoms with E-state index in [1.165, 1.54) is 0 Å². The molecule has 0 saturated heterocycles. The van der Waals surface area contributed by atoms with Crippen molar-refractivity contribution in [3.8, 4) is 0 Å². The largest absolute Gasteiger partial charge is 0.515 e. The van der Waals surface area contributed by atoms with Gasteiger partial charge in [-0.2, -0.15) is 0 Å². The standard InChI is InChI=1S/C20H28B2N8/c1-21(2)27-13-9-23(17-27)5-7-25-11-15-29(19-25)22(3,4)30-16-12-26(20-30)8-6-24-10-14-28(21)18-24/h9-16H,5-8H2,1-4H3/q-2. The molecule has 0 aliphatic carbocycles. The van der Waals surface area contributed by atoms with Gasteiger partial charge in [0.1, 0.15) is 26.2 Å². The Balaban J connectivity index is 1.54. The summed E-state index contributed by atoms with van der Waals surface area (Å²) in [4.78, 5) is 0. The first-order valence-electron chi connectivity index (χ1n) is 10.8. The molecule has 1 aliphatic heterocycles. The molecule has 0 fully saturated rings. The fourth-order valence-corrected chi connectivity index (χ4v) is 4.07. The summed E-state index contributed by atoms with van der Waals surface area (Å²) in [6.07, 6.45) is 28.6. The van der Waals surface area contributed by atoms with E-state index in [0.29, 0.717) is 0 Å². The van der Waals surface area contributed by atoms with Gasteiger partial charge < -0.3 is 36.2 Å². The van der Waals surface area contributed by atoms with E-state index in [9.17, 15) is 0 Å². The molecule has 0 amide bonds. The topological polar surface area (TPSA) is 35.2 Å². The molecule has 4 aromatic heterocycles. The van der Waals surface area contributed by atoms with Crippen LogP contribution in [0.5, 0.6) is 0 Å². The number of imidazole rings is 4. The first-order valence-corrected chi connectivity index (χ1v) is 10.8. The van der Waals surface area contributed by atoms with Crippen molar-refractivity contribution >= 4 is 12.8 Å². The zero-order valence-electron chi connectivity index (χ0n) is 18.2. The molecule has 0 radical (unpaired) electrons. The number of hydrogen-bond acceptors (Lipinski definition) is 0. The predicted molar refractivity (Wildman–Crippen MR) is 110 cm³/mol. The Labute approximate surface area is 177 Å². The summed E-state index contributed by atoms with van der Waals surface area (Å²) >= 11 is 0. The summed E-state index contributed by atoms with van der Waals surface area (Å²) in [5.74, 6) is 0. The molecule has 5 heterocycles. The first kappa shape index (κ1) is 19.0. The summed E-state index contributed by atoms with van der Waals surface area (Å²) < 4.78 is 17.1. The van der Waals surface area contributed by atoms with Crippen LogP contribution in [-0.4, -0.2) is 31.1 Å². The molecule has 0 atom stereocenters.